The van der Waals surface area contributed by atoms with Crippen molar-refractivity contribution in [1.82, 2.24) is 15.3 Å². The Hall–Kier alpha value is -3.01. The molecule has 1 heterocycles. The van der Waals surface area contributed by atoms with Gasteiger partial charge in [0.15, 0.2) is 5.82 Å². The van der Waals surface area contributed by atoms with E-state index in [1.54, 1.807) is 31.3 Å². The number of methoxy groups -OCH3 is 2. The minimum absolute atomic E-state index is 0.00875. The van der Waals surface area contributed by atoms with Crippen LogP contribution >= 0.6 is 11.6 Å². The highest BCUT2D eigenvalue weighted by atomic mass is 35.5. The van der Waals surface area contributed by atoms with Gasteiger partial charge in [0, 0.05) is 25.0 Å². The number of hydrogen-bond acceptors (Lipinski definition) is 7. The molecule has 0 spiro atoms. The molecule has 0 saturated carbocycles. The number of fused-ring (bicyclic) bond motifs is 1. The summed E-state index contributed by atoms with van der Waals surface area (Å²) >= 11 is 5.88. The fraction of sp³-hybridized carbons (Fsp3) is 0.286. The Balaban J connectivity index is 2.12. The Bertz CT molecular complexity index is 1110. The molecule has 3 rings (SSSR count). The molecule has 2 aromatic carbocycles. The Morgan fingerprint density at radius 3 is 2.71 bits per heavy atom. The highest BCUT2D eigenvalue weighted by molar-refractivity contribution is 6.31. The third-order valence-electron chi connectivity index (χ3n) is 5.08. The number of hydrogen-bond donors (Lipinski definition) is 3. The zero-order valence-corrected chi connectivity index (χ0v) is 18.1. The maximum absolute atomic E-state index is 14.4. The van der Waals surface area contributed by atoms with Crippen LogP contribution in [-0.2, 0) is 16.0 Å². The largest absolute Gasteiger partial charge is 0.496 e. The molecule has 0 unspecified atom stereocenters. The molecule has 31 heavy (non-hydrogen) atoms. The van der Waals surface area contributed by atoms with E-state index >= 15 is 0 Å². The van der Waals surface area contributed by atoms with Crippen molar-refractivity contribution in [3.8, 4) is 5.75 Å². The minimum Gasteiger partial charge on any atom is -0.496 e. The van der Waals surface area contributed by atoms with Gasteiger partial charge in [0.25, 0.3) is 0 Å². The molecule has 164 valence electrons. The molecule has 0 aliphatic carbocycles. The molecule has 0 bridgehead atoms. The first kappa shape index (κ1) is 22.7. The molecule has 4 N–H and O–H groups in total. The lowest BCUT2D eigenvalue weighted by Crippen LogP contribution is -2.58. The first-order valence-corrected chi connectivity index (χ1v) is 9.73. The number of benzene rings is 2. The minimum atomic E-state index is -1.15. The molecule has 0 fully saturated rings. The molecule has 8 nitrogen and oxygen atoms in total. The van der Waals surface area contributed by atoms with Gasteiger partial charge < -0.3 is 25.8 Å². The topological polar surface area (TPSA) is 111 Å². The van der Waals surface area contributed by atoms with Gasteiger partial charge in [-0.05, 0) is 30.8 Å². The number of primary amides is 1. The molecule has 0 saturated heterocycles. The molecule has 1 atom stereocenters. The zero-order valence-electron chi connectivity index (χ0n) is 17.3. The lowest BCUT2D eigenvalue weighted by Gasteiger charge is -2.30. The quantitative estimate of drug-likeness (QED) is 0.462. The van der Waals surface area contributed by atoms with Crippen molar-refractivity contribution in [2.75, 3.05) is 33.2 Å². The molecule has 10 heteroatoms. The first-order valence-electron chi connectivity index (χ1n) is 9.35. The lowest BCUT2D eigenvalue weighted by atomic mass is 9.89. The summed E-state index contributed by atoms with van der Waals surface area (Å²) in [5, 5.41) is 6.52. The number of carbonyl (C=O) groups excluding carboxylic acids is 1. The Morgan fingerprint density at radius 1 is 1.29 bits per heavy atom. The van der Waals surface area contributed by atoms with Crippen LogP contribution in [0.1, 0.15) is 5.56 Å². The second-order valence-electron chi connectivity index (χ2n) is 6.94. The van der Waals surface area contributed by atoms with Crippen LogP contribution in [0.15, 0.2) is 36.7 Å². The van der Waals surface area contributed by atoms with E-state index in [2.05, 4.69) is 20.6 Å². The van der Waals surface area contributed by atoms with Crippen molar-refractivity contribution >= 4 is 39.9 Å². The fourth-order valence-electron chi connectivity index (χ4n) is 3.35. The molecule has 1 aromatic heterocycles. The number of nitrogens with two attached hydrogens (primary N) is 1. The Kier molecular flexibility index (Phi) is 6.89. The van der Waals surface area contributed by atoms with Crippen LogP contribution < -0.4 is 21.1 Å². The van der Waals surface area contributed by atoms with Crippen LogP contribution in [0.2, 0.25) is 5.02 Å². The number of nitrogens with zero attached hydrogens (tertiary/aromatic N) is 2. The van der Waals surface area contributed by atoms with Crippen molar-refractivity contribution < 1.29 is 18.7 Å². The van der Waals surface area contributed by atoms with Gasteiger partial charge in [0.1, 0.15) is 23.4 Å². The number of rotatable bonds is 9. The molecular formula is C21H23ClFN5O3. The highest BCUT2D eigenvalue weighted by Crippen LogP contribution is 2.33. The van der Waals surface area contributed by atoms with E-state index in [1.165, 1.54) is 26.6 Å². The van der Waals surface area contributed by atoms with Crippen molar-refractivity contribution in [2.45, 2.75) is 12.0 Å². The van der Waals surface area contributed by atoms with E-state index in [4.69, 9.17) is 26.8 Å². The van der Waals surface area contributed by atoms with Gasteiger partial charge in [-0.15, -0.1) is 0 Å². The van der Waals surface area contributed by atoms with Crippen LogP contribution in [0, 0.1) is 5.82 Å². The zero-order chi connectivity index (χ0) is 22.6. The first-order chi connectivity index (χ1) is 14.8. The summed E-state index contributed by atoms with van der Waals surface area (Å²) in [4.78, 5) is 20.8. The molecule has 0 radical (unpaired) electrons. The number of likely N-dealkylation sites (N-methyl/N-ethyl adjacent to an activating group) is 1. The van der Waals surface area contributed by atoms with Crippen LogP contribution in [-0.4, -0.2) is 49.3 Å². The predicted octanol–water partition coefficient (Wildman–Crippen LogP) is 2.81. The van der Waals surface area contributed by atoms with Gasteiger partial charge in [-0.2, -0.15) is 0 Å². The summed E-state index contributed by atoms with van der Waals surface area (Å²) in [7, 11) is 4.64. The second-order valence-corrected chi connectivity index (χ2v) is 7.34. The van der Waals surface area contributed by atoms with E-state index < -0.39 is 17.3 Å². The van der Waals surface area contributed by atoms with E-state index in [1.807, 2.05) is 0 Å². The average molecular weight is 448 g/mol. The molecular weight excluding hydrogens is 425 g/mol. The summed E-state index contributed by atoms with van der Waals surface area (Å²) in [5.41, 5.74) is 5.93. The van der Waals surface area contributed by atoms with Crippen molar-refractivity contribution in [2.24, 2.45) is 5.73 Å². The smallest absolute Gasteiger partial charge is 0.240 e. The van der Waals surface area contributed by atoms with Crippen LogP contribution in [0.25, 0.3) is 10.9 Å². The number of halogens is 2. The van der Waals surface area contributed by atoms with Crippen LogP contribution in [0.4, 0.5) is 15.9 Å². The summed E-state index contributed by atoms with van der Waals surface area (Å²) in [6.45, 7) is 0.0597. The van der Waals surface area contributed by atoms with E-state index in [0.717, 1.165) is 0 Å². The summed E-state index contributed by atoms with van der Waals surface area (Å²) in [5.74, 6) is -0.269. The van der Waals surface area contributed by atoms with Crippen molar-refractivity contribution in [3.63, 3.8) is 0 Å². The summed E-state index contributed by atoms with van der Waals surface area (Å²) < 4.78 is 25.1. The Labute approximate surface area is 183 Å². The molecule has 3 aromatic rings. The van der Waals surface area contributed by atoms with Gasteiger partial charge in [0.2, 0.25) is 5.91 Å². The van der Waals surface area contributed by atoms with Crippen LogP contribution in [0.5, 0.6) is 5.75 Å². The Morgan fingerprint density at radius 2 is 2.06 bits per heavy atom. The average Bonchev–Trinajstić information content (AvgIpc) is 2.76. The normalized spacial score (nSPS) is 13.1. The number of nitrogens with one attached hydrogen (secondary N) is 2. The maximum atomic E-state index is 14.4. The number of carbonyl (C=O) groups is 1. The predicted molar refractivity (Wildman–Crippen MR) is 117 cm³/mol. The molecule has 0 aliphatic heterocycles. The molecule has 1 amide bonds. The monoisotopic (exact) mass is 447 g/mol. The number of anilines is 2. The maximum Gasteiger partial charge on any atom is 0.240 e. The third-order valence-corrected chi connectivity index (χ3v) is 5.37. The SMILES string of the molecule is CN[C@@](COC)(Cc1cc2c(Nc3cccc(Cl)c3F)ncnc2cc1OC)C(N)=O. The van der Waals surface area contributed by atoms with Gasteiger partial charge >= 0.3 is 0 Å². The molecule has 0 aliphatic rings. The number of ether oxygens (including phenoxy) is 2. The van der Waals surface area contributed by atoms with Gasteiger partial charge in [0.05, 0.1) is 29.9 Å². The van der Waals surface area contributed by atoms with E-state index in [-0.39, 0.29) is 23.7 Å². The van der Waals surface area contributed by atoms with Crippen molar-refractivity contribution in [1.29, 1.82) is 0 Å². The highest BCUT2D eigenvalue weighted by Gasteiger charge is 2.36. The van der Waals surface area contributed by atoms with E-state index in [9.17, 15) is 9.18 Å². The fourth-order valence-corrected chi connectivity index (χ4v) is 3.52. The second kappa shape index (κ2) is 9.42. The van der Waals surface area contributed by atoms with E-state index in [0.29, 0.717) is 28.0 Å². The third kappa shape index (κ3) is 4.53. The lowest BCUT2D eigenvalue weighted by molar-refractivity contribution is -0.126. The van der Waals surface area contributed by atoms with Gasteiger partial charge in [-0.1, -0.05) is 17.7 Å². The van der Waals surface area contributed by atoms with Crippen LogP contribution in [0.3, 0.4) is 0 Å². The summed E-state index contributed by atoms with van der Waals surface area (Å²) in [6, 6.07) is 8.14. The van der Waals surface area contributed by atoms with Gasteiger partial charge in [-0.25, -0.2) is 14.4 Å². The summed E-state index contributed by atoms with van der Waals surface area (Å²) in [6.07, 6.45) is 1.55. The van der Waals surface area contributed by atoms with Crippen molar-refractivity contribution in [3.05, 3.63) is 53.1 Å². The number of amides is 1. The van der Waals surface area contributed by atoms with Gasteiger partial charge in [-0.3, -0.25) is 4.79 Å². The standard InChI is InChI=1S/C21H23ClFN5O3/c1-25-21(10-30-2,20(24)29)9-12-7-13-16(8-17(12)31-3)26-11-27-19(13)28-15-6-4-5-14(22)18(15)23/h4-8,11,25H,9-10H2,1-3H3,(H2,24,29)(H,26,27,28)/t21-/m1/s1. The number of aromatic nitrogens is 2.